The summed E-state index contributed by atoms with van der Waals surface area (Å²) in [5, 5.41) is 9.12. The number of fused-ring (bicyclic) bond motifs is 1. The molecule has 0 radical (unpaired) electrons. The molecule has 41 heavy (non-hydrogen) atoms. The minimum Gasteiger partial charge on any atom is -0.345 e. The fourth-order valence-corrected chi connectivity index (χ4v) is 4.45. The van der Waals surface area contributed by atoms with E-state index in [1.807, 2.05) is 98.8 Å². The number of para-hydroxylation sites is 1. The molecule has 0 aliphatic heterocycles. The standard InChI is InChI=1S/C33H34N4O4/c1-3-22(2)29(37-31(39)27-19-18-25-16-10-11-17-26(25)35-27)32(40)36-28(20-23-12-6-4-7-13-23)30(38)33(41)34-21-24-14-8-5-9-15-24/h4-19,22,28-29H,3,20-21H2,1-2H3,(H,34,41)(H,36,40)(H,37,39)/t22-,28-,29-/m0/s1. The van der Waals surface area contributed by atoms with Gasteiger partial charge in [-0.1, -0.05) is 105 Å². The number of benzene rings is 3. The highest BCUT2D eigenvalue weighted by Crippen LogP contribution is 2.14. The first kappa shape index (κ1) is 29.1. The number of nitrogens with zero attached hydrogens (tertiary/aromatic N) is 1. The van der Waals surface area contributed by atoms with Crippen LogP contribution in [0.25, 0.3) is 10.9 Å². The second kappa shape index (κ2) is 14.0. The fraction of sp³-hybridized carbons (Fsp3) is 0.242. The first-order chi connectivity index (χ1) is 19.9. The number of hydrogen-bond acceptors (Lipinski definition) is 5. The Kier molecular flexibility index (Phi) is 9.94. The van der Waals surface area contributed by atoms with Crippen molar-refractivity contribution >= 4 is 34.4 Å². The van der Waals surface area contributed by atoms with Crippen LogP contribution in [0.5, 0.6) is 0 Å². The van der Waals surface area contributed by atoms with Crippen molar-refractivity contribution in [1.82, 2.24) is 20.9 Å². The number of aromatic nitrogens is 1. The molecule has 3 amide bonds. The van der Waals surface area contributed by atoms with Gasteiger partial charge in [0.25, 0.3) is 11.8 Å². The molecule has 3 aromatic carbocycles. The van der Waals surface area contributed by atoms with Gasteiger partial charge in [0, 0.05) is 18.4 Å². The fourth-order valence-electron chi connectivity index (χ4n) is 4.45. The first-order valence-electron chi connectivity index (χ1n) is 13.7. The van der Waals surface area contributed by atoms with Crippen molar-refractivity contribution in [2.45, 2.75) is 45.3 Å². The summed E-state index contributed by atoms with van der Waals surface area (Å²) >= 11 is 0. The number of pyridine rings is 1. The van der Waals surface area contributed by atoms with E-state index in [0.717, 1.165) is 16.5 Å². The molecule has 0 unspecified atom stereocenters. The second-order valence-electron chi connectivity index (χ2n) is 10.0. The molecular weight excluding hydrogens is 516 g/mol. The smallest absolute Gasteiger partial charge is 0.289 e. The van der Waals surface area contributed by atoms with E-state index in [1.54, 1.807) is 12.1 Å². The maximum atomic E-state index is 13.6. The molecule has 0 saturated carbocycles. The van der Waals surface area contributed by atoms with E-state index in [0.29, 0.717) is 11.9 Å². The van der Waals surface area contributed by atoms with E-state index >= 15 is 0 Å². The van der Waals surface area contributed by atoms with Gasteiger partial charge in [0.1, 0.15) is 17.8 Å². The molecule has 3 N–H and O–H groups in total. The number of Topliss-reactive ketones (excluding diaryl/α,β-unsaturated/α-hetero) is 1. The van der Waals surface area contributed by atoms with Crippen LogP contribution in [0, 0.1) is 5.92 Å². The van der Waals surface area contributed by atoms with Crippen molar-refractivity contribution < 1.29 is 19.2 Å². The molecule has 1 heterocycles. The van der Waals surface area contributed by atoms with Crippen LogP contribution in [0.15, 0.2) is 97.1 Å². The van der Waals surface area contributed by atoms with Crippen molar-refractivity contribution in [2.75, 3.05) is 0 Å². The summed E-state index contributed by atoms with van der Waals surface area (Å²) in [6.07, 6.45) is 0.718. The van der Waals surface area contributed by atoms with Crippen molar-refractivity contribution in [3.8, 4) is 0 Å². The molecule has 8 nitrogen and oxygen atoms in total. The van der Waals surface area contributed by atoms with Gasteiger partial charge in [-0.05, 0) is 29.2 Å². The monoisotopic (exact) mass is 550 g/mol. The lowest BCUT2D eigenvalue weighted by molar-refractivity contribution is -0.140. The molecule has 0 saturated heterocycles. The van der Waals surface area contributed by atoms with E-state index in [1.165, 1.54) is 0 Å². The molecule has 210 valence electrons. The van der Waals surface area contributed by atoms with Gasteiger partial charge in [-0.3, -0.25) is 19.2 Å². The maximum absolute atomic E-state index is 13.6. The second-order valence-corrected chi connectivity index (χ2v) is 10.0. The van der Waals surface area contributed by atoms with E-state index in [2.05, 4.69) is 20.9 Å². The van der Waals surface area contributed by atoms with Gasteiger partial charge in [0.05, 0.1) is 5.52 Å². The van der Waals surface area contributed by atoms with Gasteiger partial charge in [-0.15, -0.1) is 0 Å². The number of rotatable bonds is 12. The summed E-state index contributed by atoms with van der Waals surface area (Å²) in [6.45, 7) is 3.94. The van der Waals surface area contributed by atoms with Crippen LogP contribution < -0.4 is 16.0 Å². The SMILES string of the molecule is CC[C@H](C)[C@H](NC(=O)c1ccc2ccccc2n1)C(=O)N[C@@H](Cc1ccccc1)C(=O)C(=O)NCc1ccccc1. The van der Waals surface area contributed by atoms with Crippen LogP contribution in [0.3, 0.4) is 0 Å². The number of carbonyl (C=O) groups is 4. The van der Waals surface area contributed by atoms with Crippen molar-refractivity contribution in [1.29, 1.82) is 0 Å². The number of nitrogens with one attached hydrogen (secondary N) is 3. The predicted molar refractivity (Wildman–Crippen MR) is 158 cm³/mol. The largest absolute Gasteiger partial charge is 0.345 e. The predicted octanol–water partition coefficient (Wildman–Crippen LogP) is 3.99. The Morgan fingerprint density at radius 2 is 1.39 bits per heavy atom. The Labute approximate surface area is 239 Å². The molecule has 1 aromatic heterocycles. The molecule has 0 bridgehead atoms. The van der Waals surface area contributed by atoms with E-state index < -0.39 is 35.6 Å². The summed E-state index contributed by atoms with van der Waals surface area (Å²) in [6, 6.07) is 27.2. The number of ketones is 1. The Morgan fingerprint density at radius 3 is 2.07 bits per heavy atom. The zero-order valence-electron chi connectivity index (χ0n) is 23.2. The molecule has 4 aromatic rings. The maximum Gasteiger partial charge on any atom is 0.289 e. The molecule has 0 spiro atoms. The Morgan fingerprint density at radius 1 is 0.756 bits per heavy atom. The van der Waals surface area contributed by atoms with Gasteiger partial charge in [0.2, 0.25) is 11.7 Å². The Hall–Kier alpha value is -4.85. The van der Waals surface area contributed by atoms with Gasteiger partial charge >= 0.3 is 0 Å². The minimum atomic E-state index is -1.12. The molecule has 0 aliphatic carbocycles. The number of amides is 3. The third-order valence-corrected chi connectivity index (χ3v) is 7.05. The first-order valence-corrected chi connectivity index (χ1v) is 13.7. The van der Waals surface area contributed by atoms with Gasteiger partial charge in [-0.25, -0.2) is 4.98 Å². The number of carbonyl (C=O) groups excluding carboxylic acids is 4. The van der Waals surface area contributed by atoms with Crippen LogP contribution in [0.1, 0.15) is 41.9 Å². The van der Waals surface area contributed by atoms with Crippen molar-refractivity contribution in [2.24, 2.45) is 5.92 Å². The van der Waals surface area contributed by atoms with Crippen LogP contribution in [-0.4, -0.2) is 40.6 Å². The molecule has 4 rings (SSSR count). The average molecular weight is 551 g/mol. The lowest BCUT2D eigenvalue weighted by Gasteiger charge is -2.26. The van der Waals surface area contributed by atoms with Crippen LogP contribution in [0.2, 0.25) is 0 Å². The highest BCUT2D eigenvalue weighted by atomic mass is 16.2. The van der Waals surface area contributed by atoms with Gasteiger partial charge in [0.15, 0.2) is 0 Å². The van der Waals surface area contributed by atoms with Crippen molar-refractivity contribution in [3.63, 3.8) is 0 Å². The zero-order valence-corrected chi connectivity index (χ0v) is 23.2. The van der Waals surface area contributed by atoms with E-state index in [-0.39, 0.29) is 24.6 Å². The quantitative estimate of drug-likeness (QED) is 0.231. The summed E-state index contributed by atoms with van der Waals surface area (Å²) in [4.78, 5) is 57.4. The number of hydrogen-bond donors (Lipinski definition) is 3. The van der Waals surface area contributed by atoms with Gasteiger partial charge < -0.3 is 16.0 Å². The van der Waals surface area contributed by atoms with E-state index in [9.17, 15) is 19.2 Å². The third kappa shape index (κ3) is 7.85. The Bertz CT molecular complexity index is 1510. The topological polar surface area (TPSA) is 117 Å². The van der Waals surface area contributed by atoms with Crippen LogP contribution in [0.4, 0.5) is 0 Å². The molecular formula is C33H34N4O4. The Balaban J connectivity index is 1.51. The highest BCUT2D eigenvalue weighted by molar-refractivity contribution is 6.38. The van der Waals surface area contributed by atoms with E-state index in [4.69, 9.17) is 0 Å². The lowest BCUT2D eigenvalue weighted by atomic mass is 9.96. The normalized spacial score (nSPS) is 13.0. The van der Waals surface area contributed by atoms with Gasteiger partial charge in [-0.2, -0.15) is 0 Å². The third-order valence-electron chi connectivity index (χ3n) is 7.05. The summed E-state index contributed by atoms with van der Waals surface area (Å²) in [7, 11) is 0. The van der Waals surface area contributed by atoms with Crippen LogP contribution >= 0.6 is 0 Å². The molecule has 8 heteroatoms. The van der Waals surface area contributed by atoms with Crippen LogP contribution in [-0.2, 0) is 27.3 Å². The average Bonchev–Trinajstić information content (AvgIpc) is 3.01. The highest BCUT2D eigenvalue weighted by Gasteiger charge is 2.32. The molecule has 3 atom stereocenters. The minimum absolute atomic E-state index is 0.123. The molecule has 0 fully saturated rings. The lowest BCUT2D eigenvalue weighted by Crippen LogP contribution is -2.56. The zero-order chi connectivity index (χ0) is 29.2. The molecule has 0 aliphatic rings. The van der Waals surface area contributed by atoms with Crippen molar-refractivity contribution in [3.05, 3.63) is 114 Å². The summed E-state index contributed by atoms with van der Waals surface area (Å²) in [5.74, 6) is -2.84. The summed E-state index contributed by atoms with van der Waals surface area (Å²) in [5.41, 5.74) is 2.48. The summed E-state index contributed by atoms with van der Waals surface area (Å²) < 4.78 is 0.